The van der Waals surface area contributed by atoms with Crippen molar-refractivity contribution in [2.45, 2.75) is 0 Å². The Bertz CT molecular complexity index is 923. The fourth-order valence-corrected chi connectivity index (χ4v) is 2.55. The average molecular weight is 339 g/mol. The molecule has 0 spiro atoms. The van der Waals surface area contributed by atoms with E-state index in [4.69, 9.17) is 11.5 Å². The number of fused-ring (bicyclic) bond motifs is 1. The van der Waals surface area contributed by atoms with Crippen LogP contribution in [0.4, 0.5) is 21.7 Å². The predicted octanol–water partition coefficient (Wildman–Crippen LogP) is 2.59. The van der Waals surface area contributed by atoms with Crippen molar-refractivity contribution in [3.8, 4) is 0 Å². The molecule has 0 aliphatic rings. The van der Waals surface area contributed by atoms with Crippen LogP contribution in [0.1, 0.15) is 10.4 Å². The normalized spacial score (nSPS) is 10.6. The van der Waals surface area contributed by atoms with Crippen molar-refractivity contribution in [3.05, 3.63) is 59.9 Å². The minimum absolute atomic E-state index is 0.0122. The van der Waals surface area contributed by atoms with Crippen LogP contribution in [0.5, 0.6) is 0 Å². The number of benzene rings is 2. The summed E-state index contributed by atoms with van der Waals surface area (Å²) in [6.07, 6.45) is 0. The molecule has 3 rings (SSSR count). The molecule has 3 aromatic rings. The lowest BCUT2D eigenvalue weighted by Crippen LogP contribution is -2.18. The van der Waals surface area contributed by atoms with Gasteiger partial charge in [-0.1, -0.05) is 36.4 Å². The average Bonchev–Trinajstić information content (AvgIpc) is 2.62. The standard InChI is InChI=1S/C18H18FN5O/c19-14-10-13(16(21)25)17(24-18(14)22-9-8-20)23-15-7-3-5-11-4-1-2-6-12(11)15/h1-7,10H,8-9,20H2,(H2,21,25)(H2,22,23,24). The van der Waals surface area contributed by atoms with Gasteiger partial charge in [0.2, 0.25) is 0 Å². The van der Waals surface area contributed by atoms with Crippen LogP contribution in [0.25, 0.3) is 10.8 Å². The van der Waals surface area contributed by atoms with Crippen LogP contribution in [0.15, 0.2) is 48.5 Å². The largest absolute Gasteiger partial charge is 0.366 e. The van der Waals surface area contributed by atoms with E-state index in [1.54, 1.807) is 0 Å². The van der Waals surface area contributed by atoms with Crippen molar-refractivity contribution in [3.63, 3.8) is 0 Å². The maximum Gasteiger partial charge on any atom is 0.252 e. The van der Waals surface area contributed by atoms with Gasteiger partial charge in [0.15, 0.2) is 11.6 Å². The number of primary amides is 1. The van der Waals surface area contributed by atoms with Crippen LogP contribution >= 0.6 is 0 Å². The van der Waals surface area contributed by atoms with Gasteiger partial charge in [0.25, 0.3) is 5.91 Å². The lowest BCUT2D eigenvalue weighted by molar-refractivity contribution is 0.100. The van der Waals surface area contributed by atoms with Crippen LogP contribution in [-0.4, -0.2) is 24.0 Å². The Balaban J connectivity index is 2.06. The summed E-state index contributed by atoms with van der Waals surface area (Å²) < 4.78 is 14.1. The Morgan fingerprint density at radius 1 is 1.12 bits per heavy atom. The first kappa shape index (κ1) is 16.7. The molecule has 1 amide bonds. The minimum atomic E-state index is -0.764. The topological polar surface area (TPSA) is 106 Å². The molecule has 0 saturated heterocycles. The minimum Gasteiger partial charge on any atom is -0.366 e. The monoisotopic (exact) mass is 339 g/mol. The van der Waals surface area contributed by atoms with E-state index in [-0.39, 0.29) is 17.2 Å². The Morgan fingerprint density at radius 3 is 2.64 bits per heavy atom. The van der Waals surface area contributed by atoms with Crippen LogP contribution in [0, 0.1) is 5.82 Å². The molecule has 128 valence electrons. The molecule has 6 N–H and O–H groups in total. The Hall–Kier alpha value is -3.19. The van der Waals surface area contributed by atoms with E-state index in [1.165, 1.54) is 0 Å². The number of nitrogens with two attached hydrogens (primary N) is 2. The SMILES string of the molecule is NCCNc1nc(Nc2cccc3ccccc23)c(C(N)=O)cc1F. The van der Waals surface area contributed by atoms with Crippen LogP contribution in [-0.2, 0) is 0 Å². The number of nitrogens with one attached hydrogen (secondary N) is 2. The van der Waals surface area contributed by atoms with Gasteiger partial charge < -0.3 is 22.1 Å². The molecule has 1 aromatic heterocycles. The number of aromatic nitrogens is 1. The highest BCUT2D eigenvalue weighted by atomic mass is 19.1. The summed E-state index contributed by atoms with van der Waals surface area (Å²) in [7, 11) is 0. The number of rotatable bonds is 6. The third kappa shape index (κ3) is 3.51. The molecular weight excluding hydrogens is 321 g/mol. The van der Waals surface area contributed by atoms with Gasteiger partial charge in [0.05, 0.1) is 5.56 Å². The molecule has 0 unspecified atom stereocenters. The number of halogens is 1. The quantitative estimate of drug-likeness (QED) is 0.552. The number of hydrogen-bond acceptors (Lipinski definition) is 5. The summed E-state index contributed by atoms with van der Waals surface area (Å²) >= 11 is 0. The van der Waals surface area contributed by atoms with E-state index in [9.17, 15) is 9.18 Å². The summed E-state index contributed by atoms with van der Waals surface area (Å²) in [4.78, 5) is 15.9. The van der Waals surface area contributed by atoms with Crippen LogP contribution in [0.2, 0.25) is 0 Å². The molecule has 7 heteroatoms. The third-order valence-electron chi connectivity index (χ3n) is 3.72. The second-order valence-corrected chi connectivity index (χ2v) is 5.45. The molecule has 1 heterocycles. The fraction of sp³-hybridized carbons (Fsp3) is 0.111. The first-order chi connectivity index (χ1) is 12.1. The van der Waals surface area contributed by atoms with Gasteiger partial charge >= 0.3 is 0 Å². The van der Waals surface area contributed by atoms with Crippen molar-refractivity contribution in [2.24, 2.45) is 11.5 Å². The van der Waals surface area contributed by atoms with Crippen molar-refractivity contribution in [2.75, 3.05) is 23.7 Å². The zero-order chi connectivity index (χ0) is 17.8. The molecule has 0 aliphatic carbocycles. The van der Waals surface area contributed by atoms with E-state index in [0.29, 0.717) is 13.1 Å². The molecule has 0 fully saturated rings. The van der Waals surface area contributed by atoms with Crippen molar-refractivity contribution >= 4 is 34.0 Å². The van der Waals surface area contributed by atoms with E-state index in [0.717, 1.165) is 22.5 Å². The number of pyridine rings is 1. The summed E-state index contributed by atoms with van der Waals surface area (Å²) in [6.45, 7) is 0.679. The summed E-state index contributed by atoms with van der Waals surface area (Å²) in [5, 5.41) is 7.85. The number of carbonyl (C=O) groups excluding carboxylic acids is 1. The molecule has 0 aliphatic heterocycles. The van der Waals surface area contributed by atoms with E-state index >= 15 is 0 Å². The second-order valence-electron chi connectivity index (χ2n) is 5.45. The summed E-state index contributed by atoms with van der Waals surface area (Å²) in [5.41, 5.74) is 11.5. The molecular formula is C18H18FN5O. The maximum absolute atomic E-state index is 14.1. The van der Waals surface area contributed by atoms with Gasteiger partial charge in [0, 0.05) is 24.2 Å². The highest BCUT2D eigenvalue weighted by molar-refractivity contribution is 6.01. The van der Waals surface area contributed by atoms with Gasteiger partial charge in [-0.25, -0.2) is 9.37 Å². The highest BCUT2D eigenvalue weighted by Crippen LogP contribution is 2.28. The molecule has 2 aromatic carbocycles. The number of anilines is 3. The van der Waals surface area contributed by atoms with Crippen molar-refractivity contribution in [1.82, 2.24) is 4.98 Å². The van der Waals surface area contributed by atoms with Gasteiger partial charge in [-0.3, -0.25) is 4.79 Å². The van der Waals surface area contributed by atoms with Crippen molar-refractivity contribution < 1.29 is 9.18 Å². The van der Waals surface area contributed by atoms with Gasteiger partial charge in [-0.15, -0.1) is 0 Å². The lowest BCUT2D eigenvalue weighted by Gasteiger charge is -2.14. The van der Waals surface area contributed by atoms with Gasteiger partial charge in [0.1, 0.15) is 5.82 Å². The summed E-state index contributed by atoms with van der Waals surface area (Å²) in [6, 6.07) is 14.5. The zero-order valence-electron chi connectivity index (χ0n) is 13.4. The number of nitrogens with zero attached hydrogens (tertiary/aromatic N) is 1. The molecule has 0 saturated carbocycles. The highest BCUT2D eigenvalue weighted by Gasteiger charge is 2.16. The Kier molecular flexibility index (Phi) is 4.76. The fourth-order valence-electron chi connectivity index (χ4n) is 2.55. The number of amides is 1. The van der Waals surface area contributed by atoms with Crippen LogP contribution in [0.3, 0.4) is 0 Å². The Morgan fingerprint density at radius 2 is 1.88 bits per heavy atom. The smallest absolute Gasteiger partial charge is 0.252 e. The molecule has 0 radical (unpaired) electrons. The first-order valence-corrected chi connectivity index (χ1v) is 7.79. The van der Waals surface area contributed by atoms with Crippen molar-refractivity contribution in [1.29, 1.82) is 0 Å². The second kappa shape index (κ2) is 7.14. The molecule has 0 atom stereocenters. The maximum atomic E-state index is 14.1. The number of hydrogen-bond donors (Lipinski definition) is 4. The first-order valence-electron chi connectivity index (χ1n) is 7.79. The predicted molar refractivity (Wildman–Crippen MR) is 97.5 cm³/mol. The van der Waals surface area contributed by atoms with E-state index < -0.39 is 11.7 Å². The zero-order valence-corrected chi connectivity index (χ0v) is 13.4. The lowest BCUT2D eigenvalue weighted by atomic mass is 10.1. The molecule has 25 heavy (non-hydrogen) atoms. The summed E-state index contributed by atoms with van der Waals surface area (Å²) in [5.74, 6) is -1.23. The molecule has 6 nitrogen and oxygen atoms in total. The van der Waals surface area contributed by atoms with Crippen LogP contribution < -0.4 is 22.1 Å². The van der Waals surface area contributed by atoms with Gasteiger partial charge in [-0.2, -0.15) is 0 Å². The number of carbonyl (C=O) groups is 1. The third-order valence-corrected chi connectivity index (χ3v) is 3.72. The molecule has 0 bridgehead atoms. The van der Waals surface area contributed by atoms with E-state index in [1.807, 2.05) is 42.5 Å². The van der Waals surface area contributed by atoms with Gasteiger partial charge in [-0.05, 0) is 17.5 Å². The van der Waals surface area contributed by atoms with E-state index in [2.05, 4.69) is 15.6 Å². The Labute approximate surface area is 144 Å².